The molecule has 1 rings (SSSR count). The first-order valence-corrected chi connectivity index (χ1v) is 3.84. The van der Waals surface area contributed by atoms with Gasteiger partial charge in [-0.05, 0) is 18.6 Å². The van der Waals surface area contributed by atoms with Gasteiger partial charge in [0.15, 0.2) is 0 Å². The zero-order valence-corrected chi connectivity index (χ0v) is 7.12. The molecule has 1 aromatic rings. The molecular weight excluding hydrogens is 154 g/mol. The third-order valence-corrected chi connectivity index (χ3v) is 1.55. The minimum Gasteiger partial charge on any atom is -0.491 e. The monoisotopic (exact) mass is 167 g/mol. The van der Waals surface area contributed by atoms with E-state index in [0.717, 1.165) is 11.3 Å². The molecule has 0 radical (unpaired) electrons. The van der Waals surface area contributed by atoms with E-state index in [9.17, 15) is 0 Å². The maximum atomic E-state index is 5.37. The van der Waals surface area contributed by atoms with Crippen LogP contribution in [0.25, 0.3) is 0 Å². The van der Waals surface area contributed by atoms with Gasteiger partial charge in [-0.15, -0.1) is 0 Å². The lowest BCUT2D eigenvalue weighted by molar-refractivity contribution is 0.102. The Bertz CT molecular complexity index is 238. The fourth-order valence-corrected chi connectivity index (χ4v) is 0.918. The van der Waals surface area contributed by atoms with E-state index in [0.29, 0.717) is 13.2 Å². The third kappa shape index (κ3) is 2.53. The largest absolute Gasteiger partial charge is 0.491 e. The van der Waals surface area contributed by atoms with Crippen LogP contribution < -0.4 is 10.6 Å². The summed E-state index contributed by atoms with van der Waals surface area (Å²) in [5.74, 6) is 5.73. The summed E-state index contributed by atoms with van der Waals surface area (Å²) in [6.07, 6.45) is 0. The first kappa shape index (κ1) is 9.03. The quantitative estimate of drug-likeness (QED) is 0.542. The maximum absolute atomic E-state index is 5.37. The molecule has 66 valence electrons. The van der Waals surface area contributed by atoms with Crippen LogP contribution in [0.2, 0.25) is 0 Å². The van der Waals surface area contributed by atoms with Crippen molar-refractivity contribution in [2.24, 2.45) is 5.90 Å². The number of hydrogen-bond donors (Lipinski definition) is 1. The Morgan fingerprint density at radius 2 is 2.00 bits per heavy atom. The second-order valence-electron chi connectivity index (χ2n) is 2.48. The van der Waals surface area contributed by atoms with Gasteiger partial charge in [-0.2, -0.15) is 0 Å². The molecule has 0 amide bonds. The Kier molecular flexibility index (Phi) is 3.57. The molecule has 0 aliphatic heterocycles. The molecule has 0 saturated carbocycles. The average molecular weight is 167 g/mol. The summed E-state index contributed by atoms with van der Waals surface area (Å²) in [5, 5.41) is 0. The molecular formula is C9H13NO2. The molecule has 0 fully saturated rings. The number of ether oxygens (including phenoxy) is 1. The van der Waals surface area contributed by atoms with Crippen LogP contribution in [-0.4, -0.2) is 13.2 Å². The Morgan fingerprint density at radius 3 is 2.67 bits per heavy atom. The zero-order chi connectivity index (χ0) is 8.81. The van der Waals surface area contributed by atoms with Crippen molar-refractivity contribution in [3.63, 3.8) is 0 Å². The number of para-hydroxylation sites is 1. The van der Waals surface area contributed by atoms with E-state index >= 15 is 0 Å². The molecule has 12 heavy (non-hydrogen) atoms. The first-order valence-electron chi connectivity index (χ1n) is 3.84. The number of rotatable bonds is 4. The smallest absolute Gasteiger partial charge is 0.122 e. The van der Waals surface area contributed by atoms with Gasteiger partial charge in [-0.25, -0.2) is 5.90 Å². The number of benzene rings is 1. The van der Waals surface area contributed by atoms with E-state index in [4.69, 9.17) is 10.6 Å². The van der Waals surface area contributed by atoms with Crippen LogP contribution in [0, 0.1) is 6.92 Å². The topological polar surface area (TPSA) is 44.5 Å². The molecule has 3 nitrogen and oxygen atoms in total. The van der Waals surface area contributed by atoms with Crippen LogP contribution in [-0.2, 0) is 4.84 Å². The van der Waals surface area contributed by atoms with Crippen molar-refractivity contribution in [1.82, 2.24) is 0 Å². The standard InChI is InChI=1S/C9H13NO2/c1-8-4-2-3-5-9(8)11-6-7-12-10/h2-5H,6-7,10H2,1H3. The Labute approximate surface area is 72.0 Å². The molecule has 0 heterocycles. The van der Waals surface area contributed by atoms with Gasteiger partial charge in [-0.1, -0.05) is 18.2 Å². The minimum atomic E-state index is 0.411. The minimum absolute atomic E-state index is 0.411. The van der Waals surface area contributed by atoms with Gasteiger partial charge in [0, 0.05) is 0 Å². The van der Waals surface area contributed by atoms with E-state index in [1.807, 2.05) is 31.2 Å². The van der Waals surface area contributed by atoms with Gasteiger partial charge >= 0.3 is 0 Å². The van der Waals surface area contributed by atoms with Crippen LogP contribution in [0.15, 0.2) is 24.3 Å². The van der Waals surface area contributed by atoms with E-state index in [2.05, 4.69) is 4.84 Å². The van der Waals surface area contributed by atoms with Crippen molar-refractivity contribution in [2.75, 3.05) is 13.2 Å². The molecule has 0 atom stereocenters. The maximum Gasteiger partial charge on any atom is 0.122 e. The van der Waals surface area contributed by atoms with Crippen molar-refractivity contribution in [3.05, 3.63) is 29.8 Å². The molecule has 0 unspecified atom stereocenters. The average Bonchev–Trinajstić information content (AvgIpc) is 2.09. The summed E-state index contributed by atoms with van der Waals surface area (Å²) >= 11 is 0. The molecule has 0 spiro atoms. The summed E-state index contributed by atoms with van der Waals surface area (Å²) in [7, 11) is 0. The van der Waals surface area contributed by atoms with E-state index in [-0.39, 0.29) is 0 Å². The number of aryl methyl sites for hydroxylation is 1. The molecule has 0 aromatic heterocycles. The van der Waals surface area contributed by atoms with Crippen molar-refractivity contribution in [2.45, 2.75) is 6.92 Å². The van der Waals surface area contributed by atoms with Crippen LogP contribution in [0.5, 0.6) is 5.75 Å². The SMILES string of the molecule is Cc1ccccc1OCCON. The van der Waals surface area contributed by atoms with Crippen molar-refractivity contribution < 1.29 is 9.57 Å². The van der Waals surface area contributed by atoms with Crippen molar-refractivity contribution in [3.8, 4) is 5.75 Å². The molecule has 0 aliphatic carbocycles. The highest BCUT2D eigenvalue weighted by Gasteiger charge is 1.95. The lowest BCUT2D eigenvalue weighted by Gasteiger charge is -2.06. The highest BCUT2D eigenvalue weighted by atomic mass is 16.6. The fraction of sp³-hybridized carbons (Fsp3) is 0.333. The van der Waals surface area contributed by atoms with E-state index in [1.165, 1.54) is 0 Å². The summed E-state index contributed by atoms with van der Waals surface area (Å²) in [6.45, 7) is 2.90. The Balaban J connectivity index is 2.46. The molecule has 0 aliphatic rings. The van der Waals surface area contributed by atoms with Crippen molar-refractivity contribution in [1.29, 1.82) is 0 Å². The molecule has 3 heteroatoms. The van der Waals surface area contributed by atoms with Gasteiger partial charge in [0.2, 0.25) is 0 Å². The van der Waals surface area contributed by atoms with Gasteiger partial charge in [-0.3, -0.25) is 0 Å². The summed E-state index contributed by atoms with van der Waals surface area (Å²) in [4.78, 5) is 4.38. The first-order chi connectivity index (χ1) is 5.84. The van der Waals surface area contributed by atoms with Crippen LogP contribution in [0.4, 0.5) is 0 Å². The van der Waals surface area contributed by atoms with Crippen LogP contribution >= 0.6 is 0 Å². The second-order valence-corrected chi connectivity index (χ2v) is 2.48. The zero-order valence-electron chi connectivity index (χ0n) is 7.12. The fourth-order valence-electron chi connectivity index (χ4n) is 0.918. The van der Waals surface area contributed by atoms with Crippen molar-refractivity contribution >= 4 is 0 Å². The predicted molar refractivity (Wildman–Crippen MR) is 46.8 cm³/mol. The van der Waals surface area contributed by atoms with Crippen LogP contribution in [0.3, 0.4) is 0 Å². The number of nitrogens with two attached hydrogens (primary N) is 1. The molecule has 2 N–H and O–H groups in total. The van der Waals surface area contributed by atoms with Gasteiger partial charge in [0.25, 0.3) is 0 Å². The molecule has 0 saturated heterocycles. The Hall–Kier alpha value is -1.06. The molecule has 0 bridgehead atoms. The second kappa shape index (κ2) is 4.74. The summed E-state index contributed by atoms with van der Waals surface area (Å²) in [5.41, 5.74) is 1.12. The third-order valence-electron chi connectivity index (χ3n) is 1.55. The van der Waals surface area contributed by atoms with Gasteiger partial charge in [0.05, 0.1) is 0 Å². The van der Waals surface area contributed by atoms with Crippen LogP contribution in [0.1, 0.15) is 5.56 Å². The lowest BCUT2D eigenvalue weighted by atomic mass is 10.2. The summed E-state index contributed by atoms with van der Waals surface area (Å²) < 4.78 is 5.37. The lowest BCUT2D eigenvalue weighted by Crippen LogP contribution is -2.10. The van der Waals surface area contributed by atoms with Gasteiger partial charge in [0.1, 0.15) is 19.0 Å². The highest BCUT2D eigenvalue weighted by Crippen LogP contribution is 2.15. The molecule has 1 aromatic carbocycles. The van der Waals surface area contributed by atoms with Gasteiger partial charge < -0.3 is 9.57 Å². The summed E-state index contributed by atoms with van der Waals surface area (Å²) in [6, 6.07) is 7.83. The number of hydrogen-bond acceptors (Lipinski definition) is 3. The predicted octanol–water partition coefficient (Wildman–Crippen LogP) is 1.26. The normalized spacial score (nSPS) is 9.83. The van der Waals surface area contributed by atoms with E-state index < -0.39 is 0 Å². The highest BCUT2D eigenvalue weighted by molar-refractivity contribution is 5.31. The Morgan fingerprint density at radius 1 is 1.25 bits per heavy atom. The van der Waals surface area contributed by atoms with E-state index in [1.54, 1.807) is 0 Å².